The van der Waals surface area contributed by atoms with Crippen LogP contribution in [0, 0.1) is 6.92 Å². The molecule has 0 aliphatic carbocycles. The Morgan fingerprint density at radius 3 is 2.59 bits per heavy atom. The second kappa shape index (κ2) is 9.04. The largest absolute Gasteiger partial charge is 0.368 e. The monoisotopic (exact) mass is 387 g/mol. The Hall–Kier alpha value is -2.34. The minimum atomic E-state index is -0.132. The maximum atomic E-state index is 12.3. The number of aromatic nitrogens is 2. The maximum absolute atomic E-state index is 12.3. The summed E-state index contributed by atoms with van der Waals surface area (Å²) in [5.41, 5.74) is 1.57. The van der Waals surface area contributed by atoms with Crippen LogP contribution in [0.5, 0.6) is 0 Å². The lowest BCUT2D eigenvalue weighted by atomic mass is 10.2. The third-order valence-electron chi connectivity index (χ3n) is 4.65. The fourth-order valence-corrected chi connectivity index (χ4v) is 3.35. The van der Waals surface area contributed by atoms with Crippen LogP contribution in [0.4, 0.5) is 11.5 Å². The predicted molar refractivity (Wildman–Crippen MR) is 110 cm³/mol. The highest BCUT2D eigenvalue weighted by Gasteiger charge is 2.20. The Kier molecular flexibility index (Phi) is 6.50. The predicted octanol–water partition coefficient (Wildman–Crippen LogP) is 3.29. The number of halogens is 1. The molecule has 1 aromatic heterocycles. The lowest BCUT2D eigenvalue weighted by Crippen LogP contribution is -2.47. The SMILES string of the molecule is CCCCNC(=O)c1cc(N2CCN(c3cccc(Cl)c3)CC2)nc(C)n1. The van der Waals surface area contributed by atoms with E-state index < -0.39 is 0 Å². The Morgan fingerprint density at radius 2 is 1.89 bits per heavy atom. The molecule has 27 heavy (non-hydrogen) atoms. The van der Waals surface area contributed by atoms with Gasteiger partial charge in [-0.2, -0.15) is 0 Å². The van der Waals surface area contributed by atoms with Gasteiger partial charge < -0.3 is 15.1 Å². The van der Waals surface area contributed by atoms with Crippen molar-refractivity contribution in [3.63, 3.8) is 0 Å². The summed E-state index contributed by atoms with van der Waals surface area (Å²) in [4.78, 5) is 25.7. The first-order chi connectivity index (χ1) is 13.1. The van der Waals surface area contributed by atoms with Crippen LogP contribution in [-0.2, 0) is 0 Å². The fraction of sp³-hybridized carbons (Fsp3) is 0.450. The first kappa shape index (κ1) is 19.4. The van der Waals surface area contributed by atoms with E-state index in [9.17, 15) is 4.79 Å². The van der Waals surface area contributed by atoms with Gasteiger partial charge in [0.05, 0.1) is 0 Å². The molecule has 1 fully saturated rings. The molecule has 1 aromatic carbocycles. The van der Waals surface area contributed by atoms with Crippen LogP contribution in [0.15, 0.2) is 30.3 Å². The molecule has 7 heteroatoms. The summed E-state index contributed by atoms with van der Waals surface area (Å²) >= 11 is 6.11. The summed E-state index contributed by atoms with van der Waals surface area (Å²) in [5, 5.41) is 3.67. The van der Waals surface area contributed by atoms with Gasteiger partial charge in [0, 0.05) is 49.5 Å². The van der Waals surface area contributed by atoms with Gasteiger partial charge in [-0.1, -0.05) is 31.0 Å². The van der Waals surface area contributed by atoms with Crippen LogP contribution < -0.4 is 15.1 Å². The molecular formula is C20H26ClN5O. The molecule has 0 unspecified atom stereocenters. The van der Waals surface area contributed by atoms with E-state index in [0.29, 0.717) is 18.1 Å². The first-order valence-electron chi connectivity index (χ1n) is 9.46. The van der Waals surface area contributed by atoms with Crippen molar-refractivity contribution in [2.24, 2.45) is 0 Å². The molecule has 0 spiro atoms. The van der Waals surface area contributed by atoms with Gasteiger partial charge in [0.1, 0.15) is 17.3 Å². The number of amides is 1. The number of carbonyl (C=O) groups is 1. The molecule has 6 nitrogen and oxygen atoms in total. The number of nitrogens with zero attached hydrogens (tertiary/aromatic N) is 4. The zero-order valence-corrected chi connectivity index (χ0v) is 16.7. The molecule has 1 amide bonds. The molecule has 1 saturated heterocycles. The highest BCUT2D eigenvalue weighted by Crippen LogP contribution is 2.22. The standard InChI is InChI=1S/C20H26ClN5O/c1-3-4-8-22-20(27)18-14-19(24-15(2)23-18)26-11-9-25(10-12-26)17-7-5-6-16(21)13-17/h5-7,13-14H,3-4,8-12H2,1-2H3,(H,22,27). The van der Waals surface area contributed by atoms with Gasteiger partial charge in [-0.05, 0) is 31.5 Å². The summed E-state index contributed by atoms with van der Waals surface area (Å²) in [7, 11) is 0. The minimum absolute atomic E-state index is 0.132. The molecule has 2 heterocycles. The number of hydrogen-bond acceptors (Lipinski definition) is 5. The Morgan fingerprint density at radius 1 is 1.15 bits per heavy atom. The van der Waals surface area contributed by atoms with Crippen molar-refractivity contribution in [3.05, 3.63) is 46.9 Å². The number of hydrogen-bond donors (Lipinski definition) is 1. The third-order valence-corrected chi connectivity index (χ3v) is 4.89. The second-order valence-electron chi connectivity index (χ2n) is 6.72. The van der Waals surface area contributed by atoms with Crippen LogP contribution in [0.1, 0.15) is 36.1 Å². The summed E-state index contributed by atoms with van der Waals surface area (Å²) in [6.45, 7) is 8.02. The normalized spacial score (nSPS) is 14.3. The number of carbonyl (C=O) groups excluding carboxylic acids is 1. The van der Waals surface area contributed by atoms with Crippen LogP contribution in [-0.4, -0.2) is 48.6 Å². The quantitative estimate of drug-likeness (QED) is 0.770. The van der Waals surface area contributed by atoms with E-state index in [1.165, 1.54) is 0 Å². The number of piperazine rings is 1. The van der Waals surface area contributed by atoms with Crippen LogP contribution in [0.2, 0.25) is 5.02 Å². The Balaban J connectivity index is 1.66. The van der Waals surface area contributed by atoms with Crippen molar-refractivity contribution in [3.8, 4) is 0 Å². The number of unbranched alkanes of at least 4 members (excludes halogenated alkanes) is 1. The number of nitrogens with one attached hydrogen (secondary N) is 1. The molecule has 1 aliphatic rings. The molecule has 1 N–H and O–H groups in total. The highest BCUT2D eigenvalue weighted by atomic mass is 35.5. The zero-order valence-electron chi connectivity index (χ0n) is 15.9. The molecule has 3 rings (SSSR count). The molecule has 0 radical (unpaired) electrons. The van der Waals surface area contributed by atoms with Crippen LogP contribution >= 0.6 is 11.6 Å². The van der Waals surface area contributed by atoms with Gasteiger partial charge in [0.2, 0.25) is 0 Å². The Bertz CT molecular complexity index is 790. The molecule has 2 aromatic rings. The average molecular weight is 388 g/mol. The molecule has 144 valence electrons. The summed E-state index contributed by atoms with van der Waals surface area (Å²) in [6.07, 6.45) is 2.01. The smallest absolute Gasteiger partial charge is 0.270 e. The van der Waals surface area contributed by atoms with E-state index in [4.69, 9.17) is 11.6 Å². The number of aryl methyl sites for hydroxylation is 1. The Labute approximate surface area is 165 Å². The van der Waals surface area contributed by atoms with E-state index in [-0.39, 0.29) is 5.91 Å². The molecular weight excluding hydrogens is 362 g/mol. The molecule has 0 saturated carbocycles. The number of benzene rings is 1. The minimum Gasteiger partial charge on any atom is -0.368 e. The van der Waals surface area contributed by atoms with Crippen LogP contribution in [0.25, 0.3) is 0 Å². The average Bonchev–Trinajstić information content (AvgIpc) is 2.68. The van der Waals surface area contributed by atoms with E-state index in [2.05, 4.69) is 38.1 Å². The van der Waals surface area contributed by atoms with Crippen molar-refractivity contribution in [2.75, 3.05) is 42.5 Å². The molecule has 0 atom stereocenters. The van der Waals surface area contributed by atoms with Crippen LogP contribution in [0.3, 0.4) is 0 Å². The van der Waals surface area contributed by atoms with E-state index in [0.717, 1.165) is 55.5 Å². The summed E-state index contributed by atoms with van der Waals surface area (Å²) < 4.78 is 0. The van der Waals surface area contributed by atoms with Gasteiger partial charge in [0.25, 0.3) is 5.91 Å². The summed E-state index contributed by atoms with van der Waals surface area (Å²) in [6, 6.07) is 9.72. The van der Waals surface area contributed by atoms with Gasteiger partial charge in [0.15, 0.2) is 0 Å². The van der Waals surface area contributed by atoms with Gasteiger partial charge in [-0.15, -0.1) is 0 Å². The van der Waals surface area contributed by atoms with Gasteiger partial charge in [-0.3, -0.25) is 4.79 Å². The number of anilines is 2. The fourth-order valence-electron chi connectivity index (χ4n) is 3.17. The van der Waals surface area contributed by atoms with E-state index >= 15 is 0 Å². The molecule has 1 aliphatic heterocycles. The third kappa shape index (κ3) is 5.10. The topological polar surface area (TPSA) is 61.4 Å². The van der Waals surface area contributed by atoms with Crippen molar-refractivity contribution in [1.29, 1.82) is 0 Å². The highest BCUT2D eigenvalue weighted by molar-refractivity contribution is 6.30. The first-order valence-corrected chi connectivity index (χ1v) is 9.84. The molecule has 0 bridgehead atoms. The summed E-state index contributed by atoms with van der Waals surface area (Å²) in [5.74, 6) is 1.30. The van der Waals surface area contributed by atoms with Gasteiger partial charge in [-0.25, -0.2) is 9.97 Å². The van der Waals surface area contributed by atoms with Crippen molar-refractivity contribution in [1.82, 2.24) is 15.3 Å². The zero-order chi connectivity index (χ0) is 19.2. The number of rotatable bonds is 6. The van der Waals surface area contributed by atoms with Gasteiger partial charge >= 0.3 is 0 Å². The van der Waals surface area contributed by atoms with E-state index in [1.807, 2.05) is 25.1 Å². The second-order valence-corrected chi connectivity index (χ2v) is 7.16. The lowest BCUT2D eigenvalue weighted by Gasteiger charge is -2.36. The van der Waals surface area contributed by atoms with Crippen molar-refractivity contribution >= 4 is 29.0 Å². The van der Waals surface area contributed by atoms with Crippen molar-refractivity contribution < 1.29 is 4.79 Å². The lowest BCUT2D eigenvalue weighted by molar-refractivity contribution is 0.0948. The van der Waals surface area contributed by atoms with Crippen molar-refractivity contribution in [2.45, 2.75) is 26.7 Å². The maximum Gasteiger partial charge on any atom is 0.270 e. The van der Waals surface area contributed by atoms with E-state index in [1.54, 1.807) is 6.07 Å².